The largest absolute Gasteiger partial charge is 0.497 e. The van der Waals surface area contributed by atoms with E-state index in [1.165, 1.54) is 4.31 Å². The summed E-state index contributed by atoms with van der Waals surface area (Å²) in [6.45, 7) is 4.69. The zero-order valence-electron chi connectivity index (χ0n) is 19.1. The number of fused-ring (bicyclic) bond motifs is 1. The van der Waals surface area contributed by atoms with E-state index in [9.17, 15) is 13.2 Å². The number of nitrogens with one attached hydrogen (secondary N) is 1. The Hall–Kier alpha value is -2.98. The van der Waals surface area contributed by atoms with Crippen LogP contribution in [0.3, 0.4) is 0 Å². The maximum atomic E-state index is 13.2. The maximum absolute atomic E-state index is 13.2. The molecular formula is C23H29N5O4S. The summed E-state index contributed by atoms with van der Waals surface area (Å²) >= 11 is 0. The number of sulfonamides is 1. The Morgan fingerprint density at radius 1 is 1.21 bits per heavy atom. The third-order valence-corrected chi connectivity index (χ3v) is 8.15. The second-order valence-electron chi connectivity index (χ2n) is 8.34. The van der Waals surface area contributed by atoms with Crippen LogP contribution >= 0.6 is 0 Å². The predicted octanol–water partition coefficient (Wildman–Crippen LogP) is 3.45. The molecule has 3 aromatic rings. The summed E-state index contributed by atoms with van der Waals surface area (Å²) in [5, 5.41) is 11.2. The van der Waals surface area contributed by atoms with Gasteiger partial charge in [-0.05, 0) is 56.5 Å². The topological polar surface area (TPSA) is 106 Å². The van der Waals surface area contributed by atoms with Gasteiger partial charge >= 0.3 is 0 Å². The molecule has 0 radical (unpaired) electrons. The second-order valence-corrected chi connectivity index (χ2v) is 10.3. The lowest BCUT2D eigenvalue weighted by Crippen LogP contribution is -2.41. The number of anilines is 1. The number of methoxy groups -OCH3 is 1. The van der Waals surface area contributed by atoms with Gasteiger partial charge in [-0.3, -0.25) is 4.79 Å². The van der Waals surface area contributed by atoms with Crippen LogP contribution in [-0.2, 0) is 14.8 Å². The van der Waals surface area contributed by atoms with Crippen molar-refractivity contribution in [3.8, 4) is 5.75 Å². The highest BCUT2D eigenvalue weighted by molar-refractivity contribution is 7.89. The van der Waals surface area contributed by atoms with Gasteiger partial charge in [0.1, 0.15) is 11.3 Å². The highest BCUT2D eigenvalue weighted by Crippen LogP contribution is 2.27. The van der Waals surface area contributed by atoms with E-state index in [0.717, 1.165) is 11.9 Å². The predicted molar refractivity (Wildman–Crippen MR) is 126 cm³/mol. The zero-order valence-corrected chi connectivity index (χ0v) is 19.9. The number of piperidine rings is 1. The highest BCUT2D eigenvalue weighted by Gasteiger charge is 2.32. The molecule has 1 aliphatic heterocycles. The maximum Gasteiger partial charge on any atom is 0.243 e. The van der Waals surface area contributed by atoms with E-state index in [-0.39, 0.29) is 35.9 Å². The van der Waals surface area contributed by atoms with Crippen LogP contribution in [0.2, 0.25) is 0 Å². The molecule has 10 heteroatoms. The Labute approximate surface area is 193 Å². The fraction of sp³-hybridized carbons (Fsp3) is 0.435. The van der Waals surface area contributed by atoms with Gasteiger partial charge in [-0.15, -0.1) is 5.10 Å². The monoisotopic (exact) mass is 471 g/mol. The molecule has 1 aliphatic rings. The quantitative estimate of drug-likeness (QED) is 0.566. The molecule has 1 saturated heterocycles. The molecule has 0 aliphatic carbocycles. The number of ether oxygens (including phenoxy) is 1. The Morgan fingerprint density at radius 3 is 2.67 bits per heavy atom. The van der Waals surface area contributed by atoms with Crippen LogP contribution in [0.25, 0.3) is 11.0 Å². The molecule has 1 N–H and O–H groups in total. The number of rotatable bonds is 7. The fourth-order valence-corrected chi connectivity index (χ4v) is 5.52. The van der Waals surface area contributed by atoms with Crippen LogP contribution in [0.15, 0.2) is 47.4 Å². The lowest BCUT2D eigenvalue weighted by atomic mass is 9.97. The van der Waals surface area contributed by atoms with Gasteiger partial charge in [0.15, 0.2) is 0 Å². The number of benzene rings is 2. The van der Waals surface area contributed by atoms with Crippen molar-refractivity contribution < 1.29 is 17.9 Å². The first-order valence-electron chi connectivity index (χ1n) is 11.1. The third-order valence-electron chi connectivity index (χ3n) is 6.25. The number of carbonyl (C=O) groups excluding carboxylic acids is 1. The number of nitrogens with zero attached hydrogens (tertiary/aromatic N) is 4. The van der Waals surface area contributed by atoms with Crippen LogP contribution < -0.4 is 10.1 Å². The molecule has 1 atom stereocenters. The van der Waals surface area contributed by atoms with Crippen molar-refractivity contribution in [2.24, 2.45) is 5.92 Å². The first kappa shape index (κ1) is 23.2. The van der Waals surface area contributed by atoms with Gasteiger partial charge in [0.25, 0.3) is 0 Å². The van der Waals surface area contributed by atoms with Crippen LogP contribution in [-0.4, -0.2) is 53.8 Å². The van der Waals surface area contributed by atoms with Gasteiger partial charge in [-0.2, -0.15) is 4.31 Å². The lowest BCUT2D eigenvalue weighted by molar-refractivity contribution is -0.120. The van der Waals surface area contributed by atoms with Gasteiger partial charge in [-0.1, -0.05) is 18.2 Å². The molecule has 0 saturated carbocycles. The van der Waals surface area contributed by atoms with Crippen molar-refractivity contribution in [1.82, 2.24) is 19.3 Å². The number of aromatic nitrogens is 3. The minimum absolute atomic E-state index is 0.108. The molecule has 0 bridgehead atoms. The van der Waals surface area contributed by atoms with E-state index in [1.54, 1.807) is 43.5 Å². The van der Waals surface area contributed by atoms with E-state index in [0.29, 0.717) is 29.8 Å². The van der Waals surface area contributed by atoms with E-state index < -0.39 is 10.0 Å². The minimum atomic E-state index is -3.68. The van der Waals surface area contributed by atoms with E-state index in [1.807, 2.05) is 17.7 Å². The summed E-state index contributed by atoms with van der Waals surface area (Å²) < 4.78 is 34.9. The first-order chi connectivity index (χ1) is 15.8. The van der Waals surface area contributed by atoms with Crippen molar-refractivity contribution in [2.45, 2.75) is 44.0 Å². The van der Waals surface area contributed by atoms with Crippen LogP contribution in [0.4, 0.5) is 5.69 Å². The first-order valence-corrected chi connectivity index (χ1v) is 12.6. The van der Waals surface area contributed by atoms with Crippen LogP contribution in [0.1, 0.15) is 39.2 Å². The third kappa shape index (κ3) is 4.72. The summed E-state index contributed by atoms with van der Waals surface area (Å²) in [6.07, 6.45) is 1.82. The van der Waals surface area contributed by atoms with Gasteiger partial charge in [0.2, 0.25) is 15.9 Å². The van der Waals surface area contributed by atoms with E-state index in [4.69, 9.17) is 4.74 Å². The lowest BCUT2D eigenvalue weighted by Gasteiger charge is -2.30. The van der Waals surface area contributed by atoms with E-state index in [2.05, 4.69) is 22.6 Å². The summed E-state index contributed by atoms with van der Waals surface area (Å²) in [5.41, 5.74) is 2.04. The van der Waals surface area contributed by atoms with Crippen molar-refractivity contribution >= 4 is 32.7 Å². The number of carbonyl (C=O) groups is 1. The molecule has 4 rings (SSSR count). The average Bonchev–Trinajstić information content (AvgIpc) is 3.27. The molecule has 1 aromatic heterocycles. The molecule has 2 heterocycles. The smallest absolute Gasteiger partial charge is 0.243 e. The normalized spacial score (nSPS) is 16.6. The molecule has 176 valence electrons. The standard InChI is InChI=1S/C23H29N5O4S/c1-4-16(2)28-22-9-8-20(15-21(22)25-26-28)33(30,31)27-12-10-17(11-13-27)23(29)24-18-6-5-7-19(14-18)32-3/h5-9,14-17H,4,10-13H2,1-3H3,(H,24,29)/t16-/m1/s1. The van der Waals surface area contributed by atoms with Crippen molar-refractivity contribution in [3.63, 3.8) is 0 Å². The molecular weight excluding hydrogens is 442 g/mol. The number of amides is 1. The fourth-order valence-electron chi connectivity index (χ4n) is 4.03. The highest BCUT2D eigenvalue weighted by atomic mass is 32.2. The SMILES string of the molecule is CC[C@@H](C)n1nnc2cc(S(=O)(=O)N3CCC(C(=O)Nc4cccc(OC)c4)CC3)ccc21. The molecule has 2 aromatic carbocycles. The minimum Gasteiger partial charge on any atom is -0.497 e. The summed E-state index contributed by atoms with van der Waals surface area (Å²) in [5.74, 6) is 0.304. The second kappa shape index (κ2) is 9.48. The summed E-state index contributed by atoms with van der Waals surface area (Å²) in [4.78, 5) is 12.9. The van der Waals surface area contributed by atoms with Crippen molar-refractivity contribution in [1.29, 1.82) is 0 Å². The number of hydrogen-bond acceptors (Lipinski definition) is 6. The molecule has 1 fully saturated rings. The van der Waals surface area contributed by atoms with Crippen LogP contribution in [0.5, 0.6) is 5.75 Å². The van der Waals surface area contributed by atoms with Crippen molar-refractivity contribution in [3.05, 3.63) is 42.5 Å². The Morgan fingerprint density at radius 2 is 1.97 bits per heavy atom. The molecule has 33 heavy (non-hydrogen) atoms. The Balaban J connectivity index is 1.42. The Bertz CT molecular complexity index is 1250. The Kier molecular flexibility index (Phi) is 6.66. The number of hydrogen-bond donors (Lipinski definition) is 1. The van der Waals surface area contributed by atoms with Gasteiger partial charge in [0, 0.05) is 30.8 Å². The molecule has 9 nitrogen and oxygen atoms in total. The van der Waals surface area contributed by atoms with Crippen molar-refractivity contribution in [2.75, 3.05) is 25.5 Å². The molecule has 1 amide bonds. The summed E-state index contributed by atoms with van der Waals surface area (Å²) in [7, 11) is -2.11. The average molecular weight is 472 g/mol. The molecule has 0 spiro atoms. The zero-order chi connectivity index (χ0) is 23.6. The van der Waals surface area contributed by atoms with Gasteiger partial charge < -0.3 is 10.1 Å². The summed E-state index contributed by atoms with van der Waals surface area (Å²) in [6, 6.07) is 12.3. The van der Waals surface area contributed by atoms with Gasteiger partial charge in [0.05, 0.1) is 23.6 Å². The molecule has 0 unspecified atom stereocenters. The van der Waals surface area contributed by atoms with Gasteiger partial charge in [-0.25, -0.2) is 13.1 Å². The van der Waals surface area contributed by atoms with E-state index >= 15 is 0 Å². The van der Waals surface area contributed by atoms with Crippen LogP contribution in [0, 0.1) is 5.92 Å².